The van der Waals surface area contributed by atoms with Crippen molar-refractivity contribution in [3.05, 3.63) is 46.9 Å². The molecule has 0 heterocycles. The average Bonchev–Trinajstić information content (AvgIpc) is 3.20. The van der Waals surface area contributed by atoms with E-state index in [0.717, 1.165) is 12.1 Å². The summed E-state index contributed by atoms with van der Waals surface area (Å²) in [5.41, 5.74) is 1.56. The van der Waals surface area contributed by atoms with Crippen LogP contribution >= 0.6 is 0 Å². The first-order valence-electron chi connectivity index (χ1n) is 6.28. The zero-order valence-electron chi connectivity index (χ0n) is 11.6. The summed E-state index contributed by atoms with van der Waals surface area (Å²) in [7, 11) is 0. The van der Waals surface area contributed by atoms with E-state index in [-0.39, 0.29) is 0 Å². The van der Waals surface area contributed by atoms with E-state index in [1.54, 1.807) is 24.3 Å². The van der Waals surface area contributed by atoms with Gasteiger partial charge in [-0.25, -0.2) is 4.39 Å². The molecule has 0 bridgehead atoms. The van der Waals surface area contributed by atoms with Crippen LogP contribution in [-0.4, -0.2) is 0 Å². The van der Waals surface area contributed by atoms with E-state index >= 15 is 0 Å². The summed E-state index contributed by atoms with van der Waals surface area (Å²) < 4.78 is 13.1. The summed E-state index contributed by atoms with van der Waals surface area (Å²) in [6.07, 6.45) is 0. The average molecular weight is 302 g/mol. The Labute approximate surface area is 131 Å². The van der Waals surface area contributed by atoms with Gasteiger partial charge in [-0.2, -0.15) is 26.3 Å². The lowest BCUT2D eigenvalue weighted by molar-refractivity contribution is 0.626. The molecule has 0 radical (unpaired) electrons. The molecule has 108 valence electrons. The molecule has 0 spiro atoms. The molecule has 1 aliphatic carbocycles. The number of hydrogen-bond donors (Lipinski definition) is 1. The summed E-state index contributed by atoms with van der Waals surface area (Å²) in [4.78, 5) is 0. The van der Waals surface area contributed by atoms with Gasteiger partial charge in [0.05, 0.1) is 23.9 Å². The van der Waals surface area contributed by atoms with E-state index < -0.39 is 33.8 Å². The highest BCUT2D eigenvalue weighted by molar-refractivity contribution is 5.63. The summed E-state index contributed by atoms with van der Waals surface area (Å²) in [5, 5.41) is 46.4. The molecule has 1 aromatic rings. The third-order valence-corrected chi connectivity index (χ3v) is 4.05. The maximum absolute atomic E-state index is 13.1. The molecule has 0 unspecified atom stereocenters. The summed E-state index contributed by atoms with van der Waals surface area (Å²) in [6, 6.07) is 13.5. The first-order chi connectivity index (χ1) is 11.0. The van der Waals surface area contributed by atoms with Crippen molar-refractivity contribution in [2.24, 2.45) is 16.6 Å². The maximum Gasteiger partial charge on any atom is 0.177 e. The van der Waals surface area contributed by atoms with Gasteiger partial charge in [-0.05, 0) is 17.7 Å². The molecule has 0 aliphatic heterocycles. The van der Waals surface area contributed by atoms with Crippen LogP contribution in [0.2, 0.25) is 0 Å². The Morgan fingerprint density at radius 1 is 0.957 bits per heavy atom. The van der Waals surface area contributed by atoms with E-state index in [1.807, 2.05) is 6.07 Å². The number of nitrogens with two attached hydrogens (primary N) is 1. The van der Waals surface area contributed by atoms with Crippen LogP contribution in [0.1, 0.15) is 11.5 Å². The van der Waals surface area contributed by atoms with Gasteiger partial charge in [0.15, 0.2) is 5.41 Å². The van der Waals surface area contributed by atoms with E-state index in [1.165, 1.54) is 12.1 Å². The highest BCUT2D eigenvalue weighted by Gasteiger charge is 2.82. The Kier molecular flexibility index (Phi) is 3.48. The molecule has 2 atom stereocenters. The molecular weight excluding hydrogens is 295 g/mol. The molecule has 2 N–H and O–H groups in total. The van der Waals surface area contributed by atoms with Crippen molar-refractivity contribution in [3.63, 3.8) is 0 Å². The fourth-order valence-electron chi connectivity index (χ4n) is 2.88. The number of halogens is 1. The van der Waals surface area contributed by atoms with Crippen molar-refractivity contribution in [1.29, 1.82) is 26.3 Å². The van der Waals surface area contributed by atoms with E-state index in [2.05, 4.69) is 0 Å². The van der Waals surface area contributed by atoms with Gasteiger partial charge in [0.25, 0.3) is 0 Å². The molecule has 2 rings (SSSR count). The van der Waals surface area contributed by atoms with Gasteiger partial charge in [0.2, 0.25) is 0 Å². The summed E-state index contributed by atoms with van der Waals surface area (Å²) in [6.45, 7) is 0. The number of hydrogen-bond acceptors (Lipinski definition) is 6. The van der Waals surface area contributed by atoms with Crippen LogP contribution < -0.4 is 5.73 Å². The highest BCUT2D eigenvalue weighted by atomic mass is 19.1. The Morgan fingerprint density at radius 3 is 1.87 bits per heavy atom. The largest absolute Gasteiger partial charge is 0.399 e. The predicted molar refractivity (Wildman–Crippen MR) is 73.3 cm³/mol. The maximum atomic E-state index is 13.1. The molecule has 7 heteroatoms. The Bertz CT molecular complexity index is 880. The Balaban J connectivity index is 2.77. The standard InChI is InChI=1S/C16H7FN6/c17-12-3-1-10(2-4-12)13-15(7-20,8-21)16(13,9-22)14(23)11(5-18)6-19/h1-4,13H,23H2/t13-,16-/m1/s1. The van der Waals surface area contributed by atoms with Crippen molar-refractivity contribution in [1.82, 2.24) is 0 Å². The minimum atomic E-state index is -1.84. The Hall–Kier alpha value is -3.86. The number of rotatable bonds is 2. The fourth-order valence-corrected chi connectivity index (χ4v) is 2.88. The van der Waals surface area contributed by atoms with E-state index in [0.29, 0.717) is 5.56 Å². The monoisotopic (exact) mass is 302 g/mol. The molecule has 1 aliphatic rings. The smallest absolute Gasteiger partial charge is 0.177 e. The molecule has 1 aromatic carbocycles. The second-order valence-corrected chi connectivity index (χ2v) is 4.95. The predicted octanol–water partition coefficient (Wildman–Crippen LogP) is 1.73. The van der Waals surface area contributed by atoms with Crippen molar-refractivity contribution in [2.45, 2.75) is 5.92 Å². The molecule has 1 saturated carbocycles. The van der Waals surface area contributed by atoms with Gasteiger partial charge in [-0.15, -0.1) is 0 Å². The lowest BCUT2D eigenvalue weighted by Gasteiger charge is -2.09. The third kappa shape index (κ3) is 1.74. The van der Waals surface area contributed by atoms with Gasteiger partial charge in [-0.3, -0.25) is 0 Å². The SMILES string of the molecule is N#CC(C#N)=C(N)[C@@]1(C#N)[C@H](c2ccc(F)cc2)C1(C#N)C#N. The normalized spacial score (nSPS) is 23.0. The fraction of sp³-hybridized carbons (Fsp3) is 0.188. The van der Waals surface area contributed by atoms with Crippen LogP contribution in [0.25, 0.3) is 0 Å². The van der Waals surface area contributed by atoms with Crippen molar-refractivity contribution >= 4 is 0 Å². The first-order valence-corrected chi connectivity index (χ1v) is 6.28. The molecule has 0 saturated heterocycles. The zero-order chi connectivity index (χ0) is 17.3. The van der Waals surface area contributed by atoms with Crippen LogP contribution in [0.15, 0.2) is 35.5 Å². The third-order valence-electron chi connectivity index (χ3n) is 4.05. The molecule has 6 nitrogen and oxygen atoms in total. The zero-order valence-corrected chi connectivity index (χ0v) is 11.6. The minimum absolute atomic E-state index is 0.356. The summed E-state index contributed by atoms with van der Waals surface area (Å²) in [5.74, 6) is -1.50. The number of nitrogens with zero attached hydrogens (tertiary/aromatic N) is 5. The summed E-state index contributed by atoms with van der Waals surface area (Å²) >= 11 is 0. The number of allylic oxidation sites excluding steroid dienone is 2. The van der Waals surface area contributed by atoms with Gasteiger partial charge in [0.1, 0.15) is 28.9 Å². The first kappa shape index (κ1) is 15.5. The van der Waals surface area contributed by atoms with Crippen molar-refractivity contribution in [3.8, 4) is 30.3 Å². The Morgan fingerprint density at radius 2 is 1.48 bits per heavy atom. The van der Waals surface area contributed by atoms with Crippen LogP contribution in [0.3, 0.4) is 0 Å². The minimum Gasteiger partial charge on any atom is -0.399 e. The molecular formula is C16H7FN6. The van der Waals surface area contributed by atoms with Crippen LogP contribution in [0, 0.1) is 73.3 Å². The van der Waals surface area contributed by atoms with Gasteiger partial charge in [-0.1, -0.05) is 12.1 Å². The van der Waals surface area contributed by atoms with Crippen LogP contribution in [0.5, 0.6) is 0 Å². The van der Waals surface area contributed by atoms with Gasteiger partial charge < -0.3 is 5.73 Å². The second-order valence-electron chi connectivity index (χ2n) is 4.95. The second kappa shape index (κ2) is 5.16. The molecule has 0 amide bonds. The number of nitriles is 5. The van der Waals surface area contributed by atoms with Crippen molar-refractivity contribution < 1.29 is 4.39 Å². The topological polar surface area (TPSA) is 145 Å². The quantitative estimate of drug-likeness (QED) is 0.823. The highest BCUT2D eigenvalue weighted by Crippen LogP contribution is 2.76. The molecule has 0 aromatic heterocycles. The number of benzene rings is 1. The van der Waals surface area contributed by atoms with Crippen LogP contribution in [-0.2, 0) is 0 Å². The van der Waals surface area contributed by atoms with Gasteiger partial charge in [0, 0.05) is 5.92 Å². The van der Waals surface area contributed by atoms with Gasteiger partial charge >= 0.3 is 0 Å². The molecule has 23 heavy (non-hydrogen) atoms. The van der Waals surface area contributed by atoms with E-state index in [4.69, 9.17) is 16.3 Å². The van der Waals surface area contributed by atoms with Crippen molar-refractivity contribution in [2.75, 3.05) is 0 Å². The van der Waals surface area contributed by atoms with E-state index in [9.17, 15) is 20.2 Å². The van der Waals surface area contributed by atoms with Crippen LogP contribution in [0.4, 0.5) is 4.39 Å². The molecule has 1 fully saturated rings. The lowest BCUT2D eigenvalue weighted by Crippen LogP contribution is -2.20. The lowest BCUT2D eigenvalue weighted by atomic mass is 9.90.